The van der Waals surface area contributed by atoms with E-state index >= 15 is 0 Å². The van der Waals surface area contributed by atoms with Crippen molar-refractivity contribution >= 4 is 17.3 Å². The highest BCUT2D eigenvalue weighted by molar-refractivity contribution is 7.13. The molecule has 1 atom stereocenters. The quantitative estimate of drug-likeness (QED) is 0.855. The molecule has 5 nitrogen and oxygen atoms in total. The van der Waals surface area contributed by atoms with Gasteiger partial charge in [-0.25, -0.2) is 4.98 Å². The first-order valence-corrected chi connectivity index (χ1v) is 7.17. The second-order valence-corrected chi connectivity index (χ2v) is 5.12. The molecule has 0 radical (unpaired) electrons. The minimum atomic E-state index is -1.08. The van der Waals surface area contributed by atoms with E-state index in [4.69, 9.17) is 15.6 Å². The third kappa shape index (κ3) is 3.34. The smallest absolute Gasteiger partial charge is 0.326 e. The van der Waals surface area contributed by atoms with E-state index in [2.05, 4.69) is 11.9 Å². The summed E-state index contributed by atoms with van der Waals surface area (Å²) in [7, 11) is 0. The van der Waals surface area contributed by atoms with E-state index in [1.165, 1.54) is 11.3 Å². The van der Waals surface area contributed by atoms with Crippen LogP contribution >= 0.6 is 11.3 Å². The Bertz CT molecular complexity index is 580. The van der Waals surface area contributed by atoms with Crippen LogP contribution in [0.3, 0.4) is 0 Å². The average Bonchev–Trinajstić information content (AvgIpc) is 2.94. The van der Waals surface area contributed by atoms with Gasteiger partial charge in [-0.3, -0.25) is 4.79 Å². The van der Waals surface area contributed by atoms with E-state index in [9.17, 15) is 4.79 Å². The van der Waals surface area contributed by atoms with Crippen LogP contribution in [0.25, 0.3) is 10.6 Å². The molecule has 106 valence electrons. The monoisotopic (exact) mass is 292 g/mol. The minimum Gasteiger partial charge on any atom is -0.494 e. The van der Waals surface area contributed by atoms with Crippen LogP contribution in [0.15, 0.2) is 29.6 Å². The second kappa shape index (κ2) is 6.49. The van der Waals surface area contributed by atoms with Crippen LogP contribution in [0.1, 0.15) is 25.1 Å². The van der Waals surface area contributed by atoms with E-state index in [1.54, 1.807) is 5.38 Å². The fraction of sp³-hybridized carbons (Fsp3) is 0.286. The number of nitrogens with two attached hydrogens (primary N) is 1. The average molecular weight is 292 g/mol. The van der Waals surface area contributed by atoms with Crippen LogP contribution in [0.2, 0.25) is 0 Å². The number of carbonyl (C=O) groups is 1. The molecule has 6 heteroatoms. The van der Waals surface area contributed by atoms with Gasteiger partial charge in [0.1, 0.15) is 16.8 Å². The number of benzene rings is 1. The lowest BCUT2D eigenvalue weighted by molar-refractivity contribution is -0.138. The number of ether oxygens (including phenoxy) is 1. The molecule has 20 heavy (non-hydrogen) atoms. The number of hydrogen-bond acceptors (Lipinski definition) is 5. The molecule has 1 heterocycles. The van der Waals surface area contributed by atoms with Crippen molar-refractivity contribution in [2.24, 2.45) is 5.73 Å². The van der Waals surface area contributed by atoms with Crippen molar-refractivity contribution in [2.45, 2.75) is 19.4 Å². The Morgan fingerprint density at radius 2 is 2.15 bits per heavy atom. The largest absolute Gasteiger partial charge is 0.494 e. The van der Waals surface area contributed by atoms with Gasteiger partial charge in [0.05, 0.1) is 12.3 Å². The molecule has 0 saturated heterocycles. The highest BCUT2D eigenvalue weighted by Gasteiger charge is 2.18. The summed E-state index contributed by atoms with van der Waals surface area (Å²) in [5.41, 5.74) is 6.83. The summed E-state index contributed by atoms with van der Waals surface area (Å²) >= 11 is 1.38. The lowest BCUT2D eigenvalue weighted by Gasteiger charge is -2.04. The van der Waals surface area contributed by atoms with Gasteiger partial charge < -0.3 is 15.6 Å². The second-order valence-electron chi connectivity index (χ2n) is 4.27. The van der Waals surface area contributed by atoms with Gasteiger partial charge in [-0.2, -0.15) is 0 Å². The summed E-state index contributed by atoms with van der Waals surface area (Å²) in [6.07, 6.45) is 0.963. The molecule has 0 aliphatic heterocycles. The van der Waals surface area contributed by atoms with Crippen molar-refractivity contribution in [3.05, 3.63) is 35.3 Å². The number of nitrogens with zero attached hydrogens (tertiary/aromatic N) is 1. The highest BCUT2D eigenvalue weighted by atomic mass is 32.1. The summed E-state index contributed by atoms with van der Waals surface area (Å²) in [4.78, 5) is 15.1. The molecule has 2 rings (SSSR count). The molecule has 0 aliphatic carbocycles. The van der Waals surface area contributed by atoms with Crippen molar-refractivity contribution in [2.75, 3.05) is 6.61 Å². The zero-order chi connectivity index (χ0) is 14.5. The maximum atomic E-state index is 10.8. The number of aromatic nitrogens is 1. The SMILES string of the molecule is CCCOc1ccc(-c2nc(C(N)C(=O)O)cs2)cc1. The Hall–Kier alpha value is -1.92. The summed E-state index contributed by atoms with van der Waals surface area (Å²) in [6.45, 7) is 2.74. The maximum Gasteiger partial charge on any atom is 0.326 e. The minimum absolute atomic E-state index is 0.379. The van der Waals surface area contributed by atoms with E-state index in [-0.39, 0.29) is 0 Å². The number of aliphatic carboxylic acids is 1. The molecule has 1 unspecified atom stereocenters. The summed E-state index contributed by atoms with van der Waals surface area (Å²) in [6, 6.07) is 6.48. The van der Waals surface area contributed by atoms with Gasteiger partial charge in [0.15, 0.2) is 0 Å². The Balaban J connectivity index is 2.14. The van der Waals surface area contributed by atoms with Crippen LogP contribution in [-0.4, -0.2) is 22.7 Å². The summed E-state index contributed by atoms with van der Waals surface area (Å²) < 4.78 is 5.51. The van der Waals surface area contributed by atoms with E-state index < -0.39 is 12.0 Å². The molecule has 1 aromatic heterocycles. The normalized spacial score (nSPS) is 12.1. The highest BCUT2D eigenvalue weighted by Crippen LogP contribution is 2.27. The third-order valence-corrected chi connectivity index (χ3v) is 3.59. The predicted octanol–water partition coefficient (Wildman–Crippen LogP) is 2.68. The summed E-state index contributed by atoms with van der Waals surface area (Å²) in [5, 5.41) is 11.3. The van der Waals surface area contributed by atoms with Crippen molar-refractivity contribution in [1.29, 1.82) is 0 Å². The zero-order valence-corrected chi connectivity index (χ0v) is 11.9. The Kier molecular flexibility index (Phi) is 4.70. The molecule has 0 spiro atoms. The molecule has 1 aromatic carbocycles. The molecular formula is C14H16N2O3S. The van der Waals surface area contributed by atoms with Crippen LogP contribution in [-0.2, 0) is 4.79 Å². The number of rotatable bonds is 6. The lowest BCUT2D eigenvalue weighted by Crippen LogP contribution is -2.20. The molecule has 3 N–H and O–H groups in total. The number of carboxylic acid groups (broad SMARTS) is 1. The van der Waals surface area contributed by atoms with Crippen LogP contribution in [0.5, 0.6) is 5.75 Å². The molecule has 2 aromatic rings. The molecule has 0 saturated carbocycles. The van der Waals surface area contributed by atoms with Gasteiger partial charge in [0, 0.05) is 10.9 Å². The Labute approximate surface area is 121 Å². The zero-order valence-electron chi connectivity index (χ0n) is 11.1. The van der Waals surface area contributed by atoms with Gasteiger partial charge in [-0.05, 0) is 30.7 Å². The fourth-order valence-corrected chi connectivity index (χ4v) is 2.46. The van der Waals surface area contributed by atoms with E-state index in [1.807, 2.05) is 24.3 Å². The van der Waals surface area contributed by atoms with Gasteiger partial charge in [-0.1, -0.05) is 6.92 Å². The van der Waals surface area contributed by atoms with Crippen molar-refractivity contribution < 1.29 is 14.6 Å². The molecule has 0 aliphatic rings. The third-order valence-electron chi connectivity index (χ3n) is 2.68. The molecule has 0 bridgehead atoms. The predicted molar refractivity (Wildman–Crippen MR) is 77.9 cm³/mol. The van der Waals surface area contributed by atoms with Crippen molar-refractivity contribution in [1.82, 2.24) is 4.98 Å². The molecular weight excluding hydrogens is 276 g/mol. The van der Waals surface area contributed by atoms with Gasteiger partial charge in [0.2, 0.25) is 0 Å². The van der Waals surface area contributed by atoms with Crippen LogP contribution < -0.4 is 10.5 Å². The van der Waals surface area contributed by atoms with Gasteiger partial charge in [-0.15, -0.1) is 11.3 Å². The van der Waals surface area contributed by atoms with Crippen molar-refractivity contribution in [3.8, 4) is 16.3 Å². The lowest BCUT2D eigenvalue weighted by atomic mass is 10.2. The van der Waals surface area contributed by atoms with Gasteiger partial charge >= 0.3 is 5.97 Å². The Morgan fingerprint density at radius 1 is 1.45 bits per heavy atom. The molecule has 0 amide bonds. The Morgan fingerprint density at radius 3 is 2.75 bits per heavy atom. The van der Waals surface area contributed by atoms with Crippen LogP contribution in [0, 0.1) is 0 Å². The molecule has 0 fully saturated rings. The maximum absolute atomic E-state index is 10.8. The number of thiazole rings is 1. The topological polar surface area (TPSA) is 85.4 Å². The standard InChI is InChI=1S/C14H16N2O3S/c1-2-7-19-10-5-3-9(4-6-10)13-16-11(8-20-13)12(15)14(17)18/h3-6,8,12H,2,7,15H2,1H3,(H,17,18). The van der Waals surface area contributed by atoms with Crippen LogP contribution in [0.4, 0.5) is 0 Å². The fourth-order valence-electron chi connectivity index (χ4n) is 1.60. The first kappa shape index (κ1) is 14.5. The van der Waals surface area contributed by atoms with Gasteiger partial charge in [0.25, 0.3) is 0 Å². The number of hydrogen-bond donors (Lipinski definition) is 2. The van der Waals surface area contributed by atoms with E-state index in [0.29, 0.717) is 12.3 Å². The first-order chi connectivity index (χ1) is 9.61. The number of carboxylic acids is 1. The van der Waals surface area contributed by atoms with Crippen molar-refractivity contribution in [3.63, 3.8) is 0 Å². The van der Waals surface area contributed by atoms with E-state index in [0.717, 1.165) is 22.7 Å². The summed E-state index contributed by atoms with van der Waals surface area (Å²) in [5.74, 6) is -0.264. The first-order valence-electron chi connectivity index (χ1n) is 6.29.